The number of imidazole rings is 1. The molecule has 0 atom stereocenters. The van der Waals surface area contributed by atoms with Gasteiger partial charge in [0.1, 0.15) is 6.54 Å². The van der Waals surface area contributed by atoms with E-state index in [1.807, 2.05) is 0 Å². The van der Waals surface area contributed by atoms with Gasteiger partial charge in [0.2, 0.25) is 0 Å². The van der Waals surface area contributed by atoms with E-state index in [0.29, 0.717) is 17.1 Å². The van der Waals surface area contributed by atoms with Crippen LogP contribution in [-0.4, -0.2) is 31.8 Å². The highest BCUT2D eigenvalue weighted by Crippen LogP contribution is 2.14. The first kappa shape index (κ1) is 17.9. The van der Waals surface area contributed by atoms with E-state index in [1.165, 1.54) is 33.3 Å². The summed E-state index contributed by atoms with van der Waals surface area (Å²) in [6.45, 7) is 8.27. The first-order chi connectivity index (χ1) is 11.9. The highest BCUT2D eigenvalue weighted by Gasteiger charge is 2.23. The van der Waals surface area contributed by atoms with Crippen molar-refractivity contribution in [3.63, 3.8) is 0 Å². The molecule has 1 aliphatic rings. The van der Waals surface area contributed by atoms with Crippen LogP contribution in [0.4, 0.5) is 0 Å². The second-order valence-electron chi connectivity index (χ2n) is 7.73. The highest BCUT2D eigenvalue weighted by molar-refractivity contribution is 5.71. The maximum absolute atomic E-state index is 12.8. The summed E-state index contributed by atoms with van der Waals surface area (Å²) in [5.74, 6) is 1.48. The number of nitrogens with zero attached hydrogens (tertiary/aromatic N) is 4. The van der Waals surface area contributed by atoms with Crippen molar-refractivity contribution in [2.45, 2.75) is 52.6 Å². The van der Waals surface area contributed by atoms with E-state index in [4.69, 9.17) is 4.98 Å². The SMILES string of the molecule is CC(C)CCn1c(C[NH+]2CCCCC2)nc2c1c(=O)n(C)c(=O)n2C. The van der Waals surface area contributed by atoms with E-state index in [9.17, 15) is 9.59 Å². The number of aromatic nitrogens is 4. The van der Waals surface area contributed by atoms with E-state index in [0.717, 1.165) is 38.4 Å². The number of aryl methyl sites for hydroxylation is 2. The van der Waals surface area contributed by atoms with Gasteiger partial charge in [-0.1, -0.05) is 13.8 Å². The molecule has 1 fully saturated rings. The van der Waals surface area contributed by atoms with Crippen molar-refractivity contribution in [3.8, 4) is 0 Å². The van der Waals surface area contributed by atoms with E-state index in [-0.39, 0.29) is 11.2 Å². The molecule has 3 rings (SSSR count). The van der Waals surface area contributed by atoms with Crippen LogP contribution < -0.4 is 16.1 Å². The number of rotatable bonds is 5. The van der Waals surface area contributed by atoms with Crippen LogP contribution in [0.15, 0.2) is 9.59 Å². The summed E-state index contributed by atoms with van der Waals surface area (Å²) in [5, 5.41) is 0. The number of fused-ring (bicyclic) bond motifs is 1. The van der Waals surface area contributed by atoms with E-state index in [2.05, 4.69) is 18.4 Å². The minimum absolute atomic E-state index is 0.241. The third-order valence-electron chi connectivity index (χ3n) is 5.33. The van der Waals surface area contributed by atoms with E-state index >= 15 is 0 Å². The summed E-state index contributed by atoms with van der Waals surface area (Å²) in [5.41, 5.74) is 0.525. The maximum Gasteiger partial charge on any atom is 0.332 e. The number of hydrogen-bond donors (Lipinski definition) is 1. The molecule has 0 aromatic carbocycles. The van der Waals surface area contributed by atoms with Gasteiger partial charge >= 0.3 is 5.69 Å². The summed E-state index contributed by atoms with van der Waals surface area (Å²) in [6.07, 6.45) is 4.80. The molecule has 2 aromatic rings. The van der Waals surface area contributed by atoms with Gasteiger partial charge in [-0.15, -0.1) is 0 Å². The van der Waals surface area contributed by atoms with Crippen molar-refractivity contribution in [1.82, 2.24) is 18.7 Å². The Morgan fingerprint density at radius 1 is 1.08 bits per heavy atom. The summed E-state index contributed by atoms with van der Waals surface area (Å²) in [4.78, 5) is 31.3. The summed E-state index contributed by atoms with van der Waals surface area (Å²) >= 11 is 0. The van der Waals surface area contributed by atoms with Crippen molar-refractivity contribution in [2.75, 3.05) is 13.1 Å². The lowest BCUT2D eigenvalue weighted by molar-refractivity contribution is -0.919. The molecule has 0 spiro atoms. The van der Waals surface area contributed by atoms with Crippen LogP contribution in [0.5, 0.6) is 0 Å². The molecule has 3 heterocycles. The molecule has 2 aromatic heterocycles. The molecule has 7 nitrogen and oxygen atoms in total. The number of quaternary nitrogens is 1. The predicted molar refractivity (Wildman–Crippen MR) is 97.9 cm³/mol. The molecule has 1 aliphatic heterocycles. The molecular formula is C18H30N5O2+. The van der Waals surface area contributed by atoms with E-state index in [1.54, 1.807) is 14.1 Å². The van der Waals surface area contributed by atoms with Gasteiger partial charge in [-0.3, -0.25) is 13.9 Å². The van der Waals surface area contributed by atoms with Crippen LogP contribution in [0, 0.1) is 5.92 Å². The topological polar surface area (TPSA) is 66.3 Å². The zero-order valence-electron chi connectivity index (χ0n) is 15.8. The van der Waals surface area contributed by atoms with Crippen molar-refractivity contribution >= 4 is 11.2 Å². The Hall–Kier alpha value is -1.89. The Labute approximate surface area is 147 Å². The first-order valence-corrected chi connectivity index (χ1v) is 9.38. The van der Waals surface area contributed by atoms with Crippen LogP contribution in [0.25, 0.3) is 11.2 Å². The maximum atomic E-state index is 12.8. The Morgan fingerprint density at radius 2 is 1.76 bits per heavy atom. The highest BCUT2D eigenvalue weighted by atomic mass is 16.2. The lowest BCUT2D eigenvalue weighted by Gasteiger charge is -2.23. The van der Waals surface area contributed by atoms with Gasteiger partial charge in [0.05, 0.1) is 13.1 Å². The third kappa shape index (κ3) is 3.42. The van der Waals surface area contributed by atoms with Gasteiger partial charge in [-0.25, -0.2) is 9.78 Å². The van der Waals surface area contributed by atoms with Crippen molar-refractivity contribution in [2.24, 2.45) is 20.0 Å². The van der Waals surface area contributed by atoms with Gasteiger partial charge in [0.25, 0.3) is 5.56 Å². The van der Waals surface area contributed by atoms with Crippen LogP contribution in [0.3, 0.4) is 0 Å². The smallest absolute Gasteiger partial charge is 0.329 e. The van der Waals surface area contributed by atoms with Crippen molar-refractivity contribution < 1.29 is 4.90 Å². The quantitative estimate of drug-likeness (QED) is 0.830. The first-order valence-electron chi connectivity index (χ1n) is 9.38. The fraction of sp³-hybridized carbons (Fsp3) is 0.722. The van der Waals surface area contributed by atoms with Crippen LogP contribution >= 0.6 is 0 Å². The normalized spacial score (nSPS) is 16.2. The molecule has 0 bridgehead atoms. The number of nitrogens with one attached hydrogen (secondary N) is 1. The van der Waals surface area contributed by atoms with Crippen LogP contribution in [-0.2, 0) is 27.2 Å². The monoisotopic (exact) mass is 348 g/mol. The standard InChI is InChI=1S/C18H29N5O2/c1-13(2)8-11-23-14(12-22-9-6-5-7-10-22)19-16-15(23)17(24)21(4)18(25)20(16)3/h13H,5-12H2,1-4H3/p+1. The van der Waals surface area contributed by atoms with E-state index < -0.39 is 0 Å². The minimum Gasteiger partial charge on any atom is -0.329 e. The molecule has 1 saturated heterocycles. The summed E-state index contributed by atoms with van der Waals surface area (Å²) < 4.78 is 4.75. The average Bonchev–Trinajstić information content (AvgIpc) is 2.95. The second kappa shape index (κ2) is 7.15. The molecule has 7 heteroatoms. The van der Waals surface area contributed by atoms with Crippen LogP contribution in [0.1, 0.15) is 45.4 Å². The molecule has 0 saturated carbocycles. The lowest BCUT2D eigenvalue weighted by Crippen LogP contribution is -3.11. The number of hydrogen-bond acceptors (Lipinski definition) is 3. The van der Waals surface area contributed by atoms with Gasteiger partial charge in [-0.05, 0) is 31.6 Å². The molecule has 0 unspecified atom stereocenters. The number of piperidine rings is 1. The van der Waals surface area contributed by atoms with Gasteiger partial charge in [0, 0.05) is 20.6 Å². The molecular weight excluding hydrogens is 318 g/mol. The Bertz CT molecular complexity index is 868. The zero-order valence-corrected chi connectivity index (χ0v) is 15.8. The minimum atomic E-state index is -0.317. The second-order valence-corrected chi connectivity index (χ2v) is 7.73. The molecule has 0 radical (unpaired) electrons. The third-order valence-corrected chi connectivity index (χ3v) is 5.33. The molecule has 138 valence electrons. The molecule has 0 aliphatic carbocycles. The van der Waals surface area contributed by atoms with Gasteiger partial charge < -0.3 is 9.47 Å². The van der Waals surface area contributed by atoms with Crippen molar-refractivity contribution in [1.29, 1.82) is 0 Å². The van der Waals surface area contributed by atoms with Gasteiger partial charge in [0.15, 0.2) is 17.0 Å². The molecule has 1 N–H and O–H groups in total. The summed E-state index contributed by atoms with van der Waals surface area (Å²) in [6, 6.07) is 0. The Balaban J connectivity index is 2.12. The zero-order chi connectivity index (χ0) is 18.1. The number of likely N-dealkylation sites (tertiary alicyclic amines) is 1. The Kier molecular flexibility index (Phi) is 5.13. The van der Waals surface area contributed by atoms with Crippen molar-refractivity contribution in [3.05, 3.63) is 26.7 Å². The summed E-state index contributed by atoms with van der Waals surface area (Å²) in [7, 11) is 3.24. The van der Waals surface area contributed by atoms with Crippen LogP contribution in [0.2, 0.25) is 0 Å². The average molecular weight is 348 g/mol. The molecule has 0 amide bonds. The Morgan fingerprint density at radius 3 is 2.40 bits per heavy atom. The molecule has 25 heavy (non-hydrogen) atoms. The lowest BCUT2D eigenvalue weighted by atomic mass is 10.1. The fourth-order valence-electron chi connectivity index (χ4n) is 3.71. The predicted octanol–water partition coefficient (Wildman–Crippen LogP) is 0.0486. The fourth-order valence-corrected chi connectivity index (χ4v) is 3.71. The van der Waals surface area contributed by atoms with Gasteiger partial charge in [-0.2, -0.15) is 0 Å². The largest absolute Gasteiger partial charge is 0.332 e.